The Balaban J connectivity index is 1.58. The van der Waals surface area contributed by atoms with E-state index in [1.165, 1.54) is 6.07 Å². The van der Waals surface area contributed by atoms with Crippen LogP contribution in [-0.2, 0) is 11.0 Å². The van der Waals surface area contributed by atoms with Crippen molar-refractivity contribution < 1.29 is 18.0 Å². The summed E-state index contributed by atoms with van der Waals surface area (Å²) < 4.78 is 38.1. The molecular formula is C22H27F3N4O. The number of aromatic nitrogens is 1. The Morgan fingerprint density at radius 3 is 2.17 bits per heavy atom. The van der Waals surface area contributed by atoms with E-state index >= 15 is 0 Å². The molecule has 2 aromatic rings. The SMILES string of the molecule is Cc1cc(C)c(NC(=O)[C@@H](C)N2CCN(c3ccc(C(F)(F)F)cn3)CC2)c(C)c1. The lowest BCUT2D eigenvalue weighted by molar-refractivity contribution is -0.137. The van der Waals surface area contributed by atoms with Crippen molar-refractivity contribution in [2.24, 2.45) is 0 Å². The van der Waals surface area contributed by atoms with Gasteiger partial charge in [-0.25, -0.2) is 4.98 Å². The second-order valence-electron chi connectivity index (χ2n) is 7.86. The van der Waals surface area contributed by atoms with Crippen LogP contribution in [-0.4, -0.2) is 48.0 Å². The first-order chi connectivity index (χ1) is 14.1. The maximum absolute atomic E-state index is 12.8. The number of carbonyl (C=O) groups excluding carboxylic acids is 1. The molecule has 162 valence electrons. The van der Waals surface area contributed by atoms with Crippen LogP contribution in [0, 0.1) is 20.8 Å². The molecule has 2 heterocycles. The highest BCUT2D eigenvalue weighted by Gasteiger charge is 2.31. The molecule has 0 radical (unpaired) electrons. The van der Waals surface area contributed by atoms with Gasteiger partial charge in [0.25, 0.3) is 0 Å². The van der Waals surface area contributed by atoms with Crippen LogP contribution in [0.4, 0.5) is 24.7 Å². The number of halogens is 3. The molecule has 1 atom stereocenters. The molecule has 0 bridgehead atoms. The van der Waals surface area contributed by atoms with Crippen molar-refractivity contribution >= 4 is 17.4 Å². The number of pyridine rings is 1. The van der Waals surface area contributed by atoms with E-state index < -0.39 is 11.7 Å². The quantitative estimate of drug-likeness (QED) is 0.807. The van der Waals surface area contributed by atoms with Gasteiger partial charge in [0.05, 0.1) is 11.6 Å². The van der Waals surface area contributed by atoms with E-state index in [0.717, 1.165) is 34.6 Å². The van der Waals surface area contributed by atoms with Crippen LogP contribution in [0.25, 0.3) is 0 Å². The molecule has 0 aliphatic carbocycles. The number of hydrogen-bond donors (Lipinski definition) is 1. The van der Waals surface area contributed by atoms with E-state index in [1.807, 2.05) is 44.7 Å². The average molecular weight is 420 g/mol. The zero-order valence-electron chi connectivity index (χ0n) is 17.7. The predicted octanol–water partition coefficient (Wildman–Crippen LogP) is 4.17. The highest BCUT2D eigenvalue weighted by molar-refractivity contribution is 5.96. The largest absolute Gasteiger partial charge is 0.417 e. The van der Waals surface area contributed by atoms with Crippen LogP contribution >= 0.6 is 0 Å². The Morgan fingerprint density at radius 1 is 1.07 bits per heavy atom. The molecule has 1 amide bonds. The first-order valence-electron chi connectivity index (χ1n) is 9.97. The van der Waals surface area contributed by atoms with Gasteiger partial charge in [0.15, 0.2) is 0 Å². The Hall–Kier alpha value is -2.61. The maximum Gasteiger partial charge on any atom is 0.417 e. The van der Waals surface area contributed by atoms with Gasteiger partial charge in [0.1, 0.15) is 5.82 Å². The number of hydrogen-bond acceptors (Lipinski definition) is 4. The van der Waals surface area contributed by atoms with Gasteiger partial charge in [-0.15, -0.1) is 0 Å². The highest BCUT2D eigenvalue weighted by atomic mass is 19.4. The van der Waals surface area contributed by atoms with Gasteiger partial charge in [-0.2, -0.15) is 13.2 Å². The summed E-state index contributed by atoms with van der Waals surface area (Å²) in [6.07, 6.45) is -3.52. The van der Waals surface area contributed by atoms with Crippen LogP contribution in [0.3, 0.4) is 0 Å². The molecule has 1 aliphatic rings. The average Bonchev–Trinajstić information content (AvgIpc) is 2.69. The molecule has 8 heteroatoms. The molecule has 5 nitrogen and oxygen atoms in total. The summed E-state index contributed by atoms with van der Waals surface area (Å²) in [5, 5.41) is 3.05. The van der Waals surface area contributed by atoms with Crippen LogP contribution < -0.4 is 10.2 Å². The standard InChI is InChI=1S/C22H27F3N4O/c1-14-11-15(2)20(16(3)12-14)27-21(30)17(4)28-7-9-29(10-8-28)19-6-5-18(13-26-19)22(23,24)25/h5-6,11-13,17H,7-10H2,1-4H3,(H,27,30)/t17-/m1/s1. The minimum atomic E-state index is -4.39. The summed E-state index contributed by atoms with van der Waals surface area (Å²) in [5.41, 5.74) is 3.32. The van der Waals surface area contributed by atoms with Crippen molar-refractivity contribution in [3.63, 3.8) is 0 Å². The molecule has 0 spiro atoms. The summed E-state index contributed by atoms with van der Waals surface area (Å²) in [7, 11) is 0. The zero-order valence-corrected chi connectivity index (χ0v) is 17.7. The summed E-state index contributed by atoms with van der Waals surface area (Å²) in [4.78, 5) is 20.8. The molecule has 3 rings (SSSR count). The lowest BCUT2D eigenvalue weighted by Crippen LogP contribution is -2.53. The van der Waals surface area contributed by atoms with Crippen LogP contribution in [0.15, 0.2) is 30.5 Å². The number of nitrogens with zero attached hydrogens (tertiary/aromatic N) is 3. The van der Waals surface area contributed by atoms with Crippen LogP contribution in [0.5, 0.6) is 0 Å². The van der Waals surface area contributed by atoms with Crippen molar-refractivity contribution in [3.05, 3.63) is 52.7 Å². The molecule has 0 unspecified atom stereocenters. The van der Waals surface area contributed by atoms with Crippen LogP contribution in [0.1, 0.15) is 29.2 Å². The third-order valence-electron chi connectivity index (χ3n) is 5.57. The van der Waals surface area contributed by atoms with E-state index in [9.17, 15) is 18.0 Å². The van der Waals surface area contributed by atoms with Gasteiger partial charge in [0, 0.05) is 38.1 Å². The number of aryl methyl sites for hydroxylation is 3. The molecule has 1 saturated heterocycles. The third-order valence-corrected chi connectivity index (χ3v) is 5.57. The molecule has 1 aliphatic heterocycles. The number of benzene rings is 1. The van der Waals surface area contributed by atoms with E-state index in [2.05, 4.69) is 15.2 Å². The van der Waals surface area contributed by atoms with Gasteiger partial charge < -0.3 is 10.2 Å². The minimum absolute atomic E-state index is 0.0637. The molecule has 1 aromatic carbocycles. The van der Waals surface area contributed by atoms with Gasteiger partial charge in [0.2, 0.25) is 5.91 Å². The third kappa shape index (κ3) is 4.92. The maximum atomic E-state index is 12.8. The first-order valence-corrected chi connectivity index (χ1v) is 9.97. The molecule has 1 fully saturated rings. The zero-order chi connectivity index (χ0) is 22.1. The lowest BCUT2D eigenvalue weighted by Gasteiger charge is -2.38. The number of carbonyl (C=O) groups is 1. The molecular weight excluding hydrogens is 393 g/mol. The normalized spacial score (nSPS) is 16.4. The Bertz CT molecular complexity index is 881. The van der Waals surface area contributed by atoms with Crippen molar-refractivity contribution in [2.75, 3.05) is 36.4 Å². The van der Waals surface area contributed by atoms with Gasteiger partial charge in [-0.1, -0.05) is 17.7 Å². The van der Waals surface area contributed by atoms with E-state index in [0.29, 0.717) is 32.0 Å². The number of alkyl halides is 3. The first kappa shape index (κ1) is 22.1. The molecule has 30 heavy (non-hydrogen) atoms. The van der Waals surface area contributed by atoms with E-state index in [4.69, 9.17) is 0 Å². The van der Waals surface area contributed by atoms with Crippen molar-refractivity contribution in [2.45, 2.75) is 39.9 Å². The predicted molar refractivity (Wildman–Crippen MR) is 112 cm³/mol. The second-order valence-corrected chi connectivity index (χ2v) is 7.86. The number of rotatable bonds is 4. The Kier molecular flexibility index (Phi) is 6.36. The summed E-state index contributed by atoms with van der Waals surface area (Å²) in [6, 6.07) is 6.23. The fraction of sp³-hybridized carbons (Fsp3) is 0.455. The highest BCUT2D eigenvalue weighted by Crippen LogP contribution is 2.29. The van der Waals surface area contributed by atoms with Crippen molar-refractivity contribution in [3.8, 4) is 0 Å². The summed E-state index contributed by atoms with van der Waals surface area (Å²) in [5.74, 6) is 0.455. The Morgan fingerprint density at radius 2 is 1.67 bits per heavy atom. The van der Waals surface area contributed by atoms with Gasteiger partial charge in [-0.05, 0) is 51.0 Å². The minimum Gasteiger partial charge on any atom is -0.354 e. The van der Waals surface area contributed by atoms with Gasteiger partial charge in [-0.3, -0.25) is 9.69 Å². The van der Waals surface area contributed by atoms with Gasteiger partial charge >= 0.3 is 6.18 Å². The second kappa shape index (κ2) is 8.63. The van der Waals surface area contributed by atoms with Crippen molar-refractivity contribution in [1.82, 2.24) is 9.88 Å². The van der Waals surface area contributed by atoms with Crippen molar-refractivity contribution in [1.29, 1.82) is 0 Å². The molecule has 1 N–H and O–H groups in total. The number of nitrogens with one attached hydrogen (secondary N) is 1. The fourth-order valence-corrected chi connectivity index (χ4v) is 3.85. The number of piperazine rings is 1. The lowest BCUT2D eigenvalue weighted by atomic mass is 10.0. The molecule has 1 aromatic heterocycles. The molecule has 0 saturated carbocycles. The number of amides is 1. The summed E-state index contributed by atoms with van der Waals surface area (Å²) >= 11 is 0. The smallest absolute Gasteiger partial charge is 0.354 e. The topological polar surface area (TPSA) is 48.5 Å². The fourth-order valence-electron chi connectivity index (χ4n) is 3.85. The summed E-state index contributed by atoms with van der Waals surface area (Å²) in [6.45, 7) is 10.3. The number of anilines is 2. The Labute approximate surface area is 174 Å². The van der Waals surface area contributed by atoms with E-state index in [-0.39, 0.29) is 11.9 Å². The van der Waals surface area contributed by atoms with E-state index in [1.54, 1.807) is 0 Å². The van der Waals surface area contributed by atoms with Crippen LogP contribution in [0.2, 0.25) is 0 Å². The monoisotopic (exact) mass is 420 g/mol.